The Bertz CT molecular complexity index is 392. The van der Waals surface area contributed by atoms with Crippen molar-refractivity contribution in [3.8, 4) is 5.75 Å². The summed E-state index contributed by atoms with van der Waals surface area (Å²) < 4.78 is 28.7. The minimum Gasteiger partial charge on any atom is -0.435 e. The summed E-state index contributed by atoms with van der Waals surface area (Å²) in [4.78, 5) is 11.5. The molecule has 0 saturated heterocycles. The molecule has 1 aromatic rings. The molecule has 0 bridgehead atoms. The average molecular weight is 295 g/mol. The Balaban J connectivity index is 0.00000324. The lowest BCUT2D eigenvalue weighted by Crippen LogP contribution is -2.31. The molecule has 19 heavy (non-hydrogen) atoms. The largest absolute Gasteiger partial charge is 0.435 e. The lowest BCUT2D eigenvalue weighted by Gasteiger charge is -2.10. The number of ether oxygens (including phenoxy) is 1. The van der Waals surface area contributed by atoms with Crippen molar-refractivity contribution < 1.29 is 18.3 Å². The monoisotopic (exact) mass is 294 g/mol. The van der Waals surface area contributed by atoms with Crippen LogP contribution in [0.2, 0.25) is 0 Å². The highest BCUT2D eigenvalue weighted by atomic mass is 35.5. The highest BCUT2D eigenvalue weighted by Gasteiger charge is 2.11. The van der Waals surface area contributed by atoms with Gasteiger partial charge in [0.1, 0.15) is 5.75 Å². The Morgan fingerprint density at radius 1 is 1.32 bits per heavy atom. The summed E-state index contributed by atoms with van der Waals surface area (Å²) in [5.41, 5.74) is 0.444. The van der Waals surface area contributed by atoms with Crippen LogP contribution in [-0.4, -0.2) is 32.7 Å². The van der Waals surface area contributed by atoms with Gasteiger partial charge in [-0.1, -0.05) is 18.2 Å². The van der Waals surface area contributed by atoms with Gasteiger partial charge in [-0.2, -0.15) is 8.78 Å². The maximum atomic E-state index is 12.2. The van der Waals surface area contributed by atoms with Crippen LogP contribution in [0.5, 0.6) is 5.75 Å². The van der Waals surface area contributed by atoms with Gasteiger partial charge in [0.15, 0.2) is 0 Å². The Morgan fingerprint density at radius 3 is 2.63 bits per heavy atom. The Labute approximate surface area is 116 Å². The molecule has 1 amide bonds. The molecule has 0 unspecified atom stereocenters. The first-order valence-electron chi connectivity index (χ1n) is 5.57. The Kier molecular flexibility index (Phi) is 8.82. The molecule has 0 aliphatic carbocycles. The van der Waals surface area contributed by atoms with Gasteiger partial charge in [0.25, 0.3) is 0 Å². The first-order valence-corrected chi connectivity index (χ1v) is 5.57. The number of halogens is 3. The van der Waals surface area contributed by atoms with Crippen molar-refractivity contribution in [2.75, 3.05) is 20.1 Å². The van der Waals surface area contributed by atoms with E-state index in [1.165, 1.54) is 6.07 Å². The molecule has 108 valence electrons. The van der Waals surface area contributed by atoms with E-state index >= 15 is 0 Å². The predicted octanol–water partition coefficient (Wildman–Crippen LogP) is 1.59. The first-order chi connectivity index (χ1) is 8.63. The lowest BCUT2D eigenvalue weighted by molar-refractivity contribution is -0.120. The van der Waals surface area contributed by atoms with Crippen LogP contribution in [0.3, 0.4) is 0 Å². The molecule has 4 nitrogen and oxygen atoms in total. The third kappa shape index (κ3) is 6.93. The van der Waals surface area contributed by atoms with E-state index < -0.39 is 6.61 Å². The normalized spacial score (nSPS) is 9.89. The number of para-hydroxylation sites is 1. The summed E-state index contributed by atoms with van der Waals surface area (Å²) >= 11 is 0. The second-order valence-electron chi connectivity index (χ2n) is 3.62. The molecule has 0 atom stereocenters. The van der Waals surface area contributed by atoms with Gasteiger partial charge in [0.05, 0.1) is 6.42 Å². The summed E-state index contributed by atoms with van der Waals surface area (Å²) in [7, 11) is 1.78. The van der Waals surface area contributed by atoms with Crippen LogP contribution in [0.15, 0.2) is 24.3 Å². The zero-order valence-corrected chi connectivity index (χ0v) is 11.3. The second-order valence-corrected chi connectivity index (χ2v) is 3.62. The van der Waals surface area contributed by atoms with Crippen molar-refractivity contribution in [2.24, 2.45) is 0 Å². The van der Waals surface area contributed by atoms with Crippen molar-refractivity contribution in [1.29, 1.82) is 0 Å². The number of nitrogens with one attached hydrogen (secondary N) is 2. The third-order valence-electron chi connectivity index (χ3n) is 2.24. The first kappa shape index (κ1) is 17.6. The van der Waals surface area contributed by atoms with E-state index in [9.17, 15) is 13.6 Å². The zero-order valence-electron chi connectivity index (χ0n) is 10.5. The van der Waals surface area contributed by atoms with Gasteiger partial charge < -0.3 is 15.4 Å². The van der Waals surface area contributed by atoms with Gasteiger partial charge in [-0.05, 0) is 13.1 Å². The van der Waals surface area contributed by atoms with E-state index in [1.807, 2.05) is 0 Å². The van der Waals surface area contributed by atoms with Crippen LogP contribution in [0.4, 0.5) is 8.78 Å². The van der Waals surface area contributed by atoms with E-state index in [4.69, 9.17) is 0 Å². The molecule has 1 rings (SSSR count). The van der Waals surface area contributed by atoms with Crippen molar-refractivity contribution >= 4 is 18.3 Å². The van der Waals surface area contributed by atoms with Gasteiger partial charge in [0.2, 0.25) is 5.91 Å². The molecule has 0 saturated carbocycles. The minimum absolute atomic E-state index is 0. The smallest absolute Gasteiger partial charge is 0.387 e. The van der Waals surface area contributed by atoms with Gasteiger partial charge in [-0.25, -0.2) is 0 Å². The van der Waals surface area contributed by atoms with Gasteiger partial charge in [0, 0.05) is 18.7 Å². The van der Waals surface area contributed by atoms with Crippen LogP contribution in [0.1, 0.15) is 5.56 Å². The second kappa shape index (κ2) is 9.52. The number of carbonyl (C=O) groups excluding carboxylic acids is 1. The molecule has 0 heterocycles. The van der Waals surface area contributed by atoms with Crippen molar-refractivity contribution in [3.63, 3.8) is 0 Å². The molecule has 1 aromatic carbocycles. The van der Waals surface area contributed by atoms with E-state index in [2.05, 4.69) is 15.4 Å². The molecule has 0 aromatic heterocycles. The molecule has 0 spiro atoms. The lowest BCUT2D eigenvalue weighted by atomic mass is 10.1. The average Bonchev–Trinajstić information content (AvgIpc) is 2.31. The number of hydrogen-bond acceptors (Lipinski definition) is 3. The summed E-state index contributed by atoms with van der Waals surface area (Å²) in [6.45, 7) is -1.74. The summed E-state index contributed by atoms with van der Waals surface area (Å²) in [6.07, 6.45) is 0.0204. The maximum Gasteiger partial charge on any atom is 0.387 e. The highest BCUT2D eigenvalue weighted by Crippen LogP contribution is 2.20. The quantitative estimate of drug-likeness (QED) is 0.751. The van der Waals surface area contributed by atoms with Crippen LogP contribution in [-0.2, 0) is 11.2 Å². The maximum absolute atomic E-state index is 12.2. The molecule has 0 aliphatic heterocycles. The van der Waals surface area contributed by atoms with Gasteiger partial charge in [-0.15, -0.1) is 12.4 Å². The van der Waals surface area contributed by atoms with Crippen molar-refractivity contribution in [3.05, 3.63) is 29.8 Å². The summed E-state index contributed by atoms with van der Waals surface area (Å²) in [5, 5.41) is 5.55. The van der Waals surface area contributed by atoms with Crippen LogP contribution >= 0.6 is 12.4 Å². The van der Waals surface area contributed by atoms with E-state index in [1.54, 1.807) is 25.2 Å². The van der Waals surface area contributed by atoms with Crippen molar-refractivity contribution in [1.82, 2.24) is 10.6 Å². The number of amides is 1. The molecular weight excluding hydrogens is 278 g/mol. The predicted molar refractivity (Wildman–Crippen MR) is 71.0 cm³/mol. The zero-order chi connectivity index (χ0) is 13.4. The molecular formula is C12H17ClF2N2O2. The summed E-state index contributed by atoms with van der Waals surface area (Å²) in [6, 6.07) is 6.27. The molecule has 0 aliphatic rings. The fourth-order valence-electron chi connectivity index (χ4n) is 1.42. The van der Waals surface area contributed by atoms with Crippen LogP contribution in [0, 0.1) is 0 Å². The molecule has 0 radical (unpaired) electrons. The molecule has 2 N–H and O–H groups in total. The Morgan fingerprint density at radius 2 is 2.00 bits per heavy atom. The van der Waals surface area contributed by atoms with Gasteiger partial charge in [-0.3, -0.25) is 4.79 Å². The SMILES string of the molecule is CNCCNC(=O)Cc1ccccc1OC(F)F.Cl. The summed E-state index contributed by atoms with van der Waals surface area (Å²) in [5.74, 6) is -0.188. The van der Waals surface area contributed by atoms with Crippen LogP contribution < -0.4 is 15.4 Å². The number of alkyl halides is 2. The van der Waals surface area contributed by atoms with E-state index in [0.29, 0.717) is 18.7 Å². The molecule has 7 heteroatoms. The van der Waals surface area contributed by atoms with Crippen LogP contribution in [0.25, 0.3) is 0 Å². The Hall–Kier alpha value is -1.40. The number of likely N-dealkylation sites (N-methyl/N-ethyl adjacent to an activating group) is 1. The third-order valence-corrected chi connectivity index (χ3v) is 2.24. The highest BCUT2D eigenvalue weighted by molar-refractivity contribution is 5.85. The standard InChI is InChI=1S/C12H16F2N2O2.ClH/c1-15-6-7-16-11(17)8-9-4-2-3-5-10(9)18-12(13)14;/h2-5,12,15H,6-8H2,1H3,(H,16,17);1H. The van der Waals surface area contributed by atoms with Gasteiger partial charge >= 0.3 is 6.61 Å². The number of hydrogen-bond donors (Lipinski definition) is 2. The van der Waals surface area contributed by atoms with E-state index in [0.717, 1.165) is 0 Å². The van der Waals surface area contributed by atoms with Crippen molar-refractivity contribution in [2.45, 2.75) is 13.0 Å². The number of benzene rings is 1. The number of carbonyl (C=O) groups is 1. The number of rotatable bonds is 7. The topological polar surface area (TPSA) is 50.4 Å². The fourth-order valence-corrected chi connectivity index (χ4v) is 1.42. The fraction of sp³-hybridized carbons (Fsp3) is 0.417. The molecule has 0 fully saturated rings. The minimum atomic E-state index is -2.89. The van der Waals surface area contributed by atoms with E-state index in [-0.39, 0.29) is 30.5 Å².